The number of aromatic amines is 2. The van der Waals surface area contributed by atoms with Gasteiger partial charge in [-0.1, -0.05) is 0 Å². The molecule has 1 aliphatic rings. The molecule has 4 nitrogen and oxygen atoms in total. The maximum Gasteiger partial charge on any atom is 0.146 e. The highest BCUT2D eigenvalue weighted by Gasteiger charge is 2.16. The number of H-pyrrole nitrogens is 2. The second-order valence-corrected chi connectivity index (χ2v) is 4.42. The maximum atomic E-state index is 5.38. The monoisotopic (exact) mass is 253 g/mol. The Morgan fingerprint density at radius 2 is 2.16 bits per heavy atom. The largest absolute Gasteiger partial charge is 0.494 e. The molecule has 0 radical (unpaired) electrons. The molecule has 2 aromatic rings. The number of hydrogen-bond donors (Lipinski definition) is 2. The van der Waals surface area contributed by atoms with Crippen molar-refractivity contribution in [2.45, 2.75) is 6.92 Å². The van der Waals surface area contributed by atoms with Gasteiger partial charge in [0.1, 0.15) is 11.5 Å². The van der Waals surface area contributed by atoms with Crippen LogP contribution in [0.25, 0.3) is 6.08 Å². The standard InChI is InChI=1S/C15H15N3O/c1-10-5-6-11(17-10)8-14-15(19-2)9-13(18-14)12-4-3-7-16-12/h3-9,16-17H,1-2H3/b14-8-. The van der Waals surface area contributed by atoms with Gasteiger partial charge < -0.3 is 14.7 Å². The third-order valence-corrected chi connectivity index (χ3v) is 3.00. The molecular weight excluding hydrogens is 238 g/mol. The number of ether oxygens (including phenoxy) is 1. The number of aromatic nitrogens is 2. The van der Waals surface area contributed by atoms with E-state index >= 15 is 0 Å². The number of methoxy groups -OCH3 is 1. The molecule has 0 fully saturated rings. The van der Waals surface area contributed by atoms with Gasteiger partial charge in [0.2, 0.25) is 0 Å². The number of aryl methyl sites for hydroxylation is 1. The Morgan fingerprint density at radius 3 is 2.79 bits per heavy atom. The fraction of sp³-hybridized carbons (Fsp3) is 0.133. The number of nitrogens with one attached hydrogen (secondary N) is 2. The van der Waals surface area contributed by atoms with Gasteiger partial charge in [-0.15, -0.1) is 0 Å². The zero-order chi connectivity index (χ0) is 13.2. The van der Waals surface area contributed by atoms with Crippen molar-refractivity contribution in [3.8, 4) is 0 Å². The van der Waals surface area contributed by atoms with Gasteiger partial charge in [0, 0.05) is 23.7 Å². The van der Waals surface area contributed by atoms with Gasteiger partial charge in [0.05, 0.1) is 18.5 Å². The van der Waals surface area contributed by atoms with Gasteiger partial charge in [0.15, 0.2) is 0 Å². The minimum absolute atomic E-state index is 0.775. The van der Waals surface area contributed by atoms with Crippen LogP contribution < -0.4 is 0 Å². The summed E-state index contributed by atoms with van der Waals surface area (Å²) in [5.41, 5.74) is 4.85. The van der Waals surface area contributed by atoms with Crippen LogP contribution >= 0.6 is 0 Å². The van der Waals surface area contributed by atoms with Gasteiger partial charge >= 0.3 is 0 Å². The average Bonchev–Trinajstić information content (AvgIpc) is 3.10. The van der Waals surface area contributed by atoms with E-state index in [-0.39, 0.29) is 0 Å². The SMILES string of the molecule is COC1=CC(c2ccc[nH]2)=N/C1=C\c1ccc(C)[nH]1. The van der Waals surface area contributed by atoms with Crippen LogP contribution in [0.2, 0.25) is 0 Å². The van der Waals surface area contributed by atoms with Crippen molar-refractivity contribution in [3.05, 3.63) is 65.1 Å². The minimum atomic E-state index is 0.775. The van der Waals surface area contributed by atoms with Crippen molar-refractivity contribution >= 4 is 11.8 Å². The normalized spacial score (nSPS) is 16.6. The van der Waals surface area contributed by atoms with E-state index < -0.39 is 0 Å². The van der Waals surface area contributed by atoms with Crippen LogP contribution in [0.5, 0.6) is 0 Å². The lowest BCUT2D eigenvalue weighted by atomic mass is 10.2. The number of aliphatic imine (C=N–C) groups is 1. The third kappa shape index (κ3) is 2.25. The Kier molecular flexibility index (Phi) is 2.83. The van der Waals surface area contributed by atoms with Crippen LogP contribution in [0.3, 0.4) is 0 Å². The molecule has 0 spiro atoms. The van der Waals surface area contributed by atoms with Crippen molar-refractivity contribution in [1.82, 2.24) is 9.97 Å². The second kappa shape index (κ2) is 4.65. The molecular formula is C15H15N3O. The predicted molar refractivity (Wildman–Crippen MR) is 75.9 cm³/mol. The number of rotatable bonds is 3. The Balaban J connectivity index is 1.97. The summed E-state index contributed by atoms with van der Waals surface area (Å²) in [6, 6.07) is 8.00. The average molecular weight is 253 g/mol. The summed E-state index contributed by atoms with van der Waals surface area (Å²) >= 11 is 0. The Morgan fingerprint density at radius 1 is 1.26 bits per heavy atom. The van der Waals surface area contributed by atoms with Crippen molar-refractivity contribution in [2.24, 2.45) is 4.99 Å². The van der Waals surface area contributed by atoms with Crippen LogP contribution in [0, 0.1) is 6.92 Å². The molecule has 2 N–H and O–H groups in total. The number of hydrogen-bond acceptors (Lipinski definition) is 2. The van der Waals surface area contributed by atoms with Gasteiger partial charge in [-0.3, -0.25) is 0 Å². The number of nitrogens with zero attached hydrogens (tertiary/aromatic N) is 1. The van der Waals surface area contributed by atoms with Crippen LogP contribution in [-0.4, -0.2) is 22.8 Å². The van der Waals surface area contributed by atoms with Gasteiger partial charge in [0.25, 0.3) is 0 Å². The van der Waals surface area contributed by atoms with Crippen molar-refractivity contribution in [1.29, 1.82) is 0 Å². The molecule has 0 bridgehead atoms. The van der Waals surface area contributed by atoms with Crippen molar-refractivity contribution < 1.29 is 4.74 Å². The van der Waals surface area contributed by atoms with E-state index in [2.05, 4.69) is 15.0 Å². The molecule has 0 saturated carbocycles. The summed E-state index contributed by atoms with van der Waals surface area (Å²) in [5.74, 6) is 0.775. The molecule has 0 aliphatic carbocycles. The molecule has 0 unspecified atom stereocenters. The van der Waals surface area contributed by atoms with Crippen LogP contribution in [-0.2, 0) is 4.74 Å². The minimum Gasteiger partial charge on any atom is -0.494 e. The highest BCUT2D eigenvalue weighted by atomic mass is 16.5. The van der Waals surface area contributed by atoms with Crippen LogP contribution in [0.1, 0.15) is 17.1 Å². The van der Waals surface area contributed by atoms with Gasteiger partial charge in [-0.05, 0) is 37.3 Å². The first kappa shape index (κ1) is 11.6. The smallest absolute Gasteiger partial charge is 0.146 e. The quantitative estimate of drug-likeness (QED) is 0.868. The van der Waals surface area contributed by atoms with Crippen molar-refractivity contribution in [2.75, 3.05) is 7.11 Å². The first-order valence-electron chi connectivity index (χ1n) is 6.12. The molecule has 0 amide bonds. The second-order valence-electron chi connectivity index (χ2n) is 4.42. The van der Waals surface area contributed by atoms with Gasteiger partial charge in [-0.25, -0.2) is 4.99 Å². The zero-order valence-electron chi connectivity index (χ0n) is 10.9. The highest BCUT2D eigenvalue weighted by Crippen LogP contribution is 2.24. The lowest BCUT2D eigenvalue weighted by Gasteiger charge is -2.00. The summed E-state index contributed by atoms with van der Waals surface area (Å²) in [5, 5.41) is 0. The lowest BCUT2D eigenvalue weighted by Crippen LogP contribution is -1.93. The maximum absolute atomic E-state index is 5.38. The fourth-order valence-corrected chi connectivity index (χ4v) is 2.07. The van der Waals surface area contributed by atoms with E-state index in [0.717, 1.165) is 34.2 Å². The van der Waals surface area contributed by atoms with Crippen LogP contribution in [0.15, 0.2) is 53.0 Å². The van der Waals surface area contributed by atoms with E-state index in [1.165, 1.54) is 0 Å². The molecule has 0 atom stereocenters. The van der Waals surface area contributed by atoms with E-state index in [1.54, 1.807) is 7.11 Å². The zero-order valence-corrected chi connectivity index (χ0v) is 10.9. The first-order chi connectivity index (χ1) is 9.26. The number of allylic oxidation sites excluding steroid dienone is 1. The Bertz CT molecular complexity index is 672. The topological polar surface area (TPSA) is 53.2 Å². The summed E-state index contributed by atoms with van der Waals surface area (Å²) in [6.45, 7) is 2.03. The molecule has 96 valence electrons. The van der Waals surface area contributed by atoms with E-state index in [1.807, 2.05) is 49.5 Å². The molecule has 0 saturated heterocycles. The predicted octanol–water partition coefficient (Wildman–Crippen LogP) is 3.03. The van der Waals surface area contributed by atoms with Gasteiger partial charge in [-0.2, -0.15) is 0 Å². The molecule has 0 aromatic carbocycles. The van der Waals surface area contributed by atoms with E-state index in [9.17, 15) is 0 Å². The Hall–Kier alpha value is -2.49. The van der Waals surface area contributed by atoms with E-state index in [0.29, 0.717) is 0 Å². The Labute approximate surface area is 111 Å². The van der Waals surface area contributed by atoms with Crippen molar-refractivity contribution in [3.63, 3.8) is 0 Å². The fourth-order valence-electron chi connectivity index (χ4n) is 2.07. The molecule has 2 aromatic heterocycles. The summed E-state index contributed by atoms with van der Waals surface area (Å²) in [6.07, 6.45) is 5.81. The molecule has 19 heavy (non-hydrogen) atoms. The summed E-state index contributed by atoms with van der Waals surface area (Å²) in [4.78, 5) is 11.0. The first-order valence-corrected chi connectivity index (χ1v) is 6.12. The molecule has 3 rings (SSSR count). The third-order valence-electron chi connectivity index (χ3n) is 3.00. The summed E-state index contributed by atoms with van der Waals surface area (Å²) in [7, 11) is 1.66. The van der Waals surface area contributed by atoms with Crippen LogP contribution in [0.4, 0.5) is 0 Å². The molecule has 3 heterocycles. The summed E-state index contributed by atoms with van der Waals surface area (Å²) < 4.78 is 5.38. The molecule has 1 aliphatic heterocycles. The highest BCUT2D eigenvalue weighted by molar-refractivity contribution is 6.11. The van der Waals surface area contributed by atoms with E-state index in [4.69, 9.17) is 4.74 Å². The molecule has 4 heteroatoms. The lowest BCUT2D eigenvalue weighted by molar-refractivity contribution is 0.303.